The fourth-order valence-electron chi connectivity index (χ4n) is 4.38. The van der Waals surface area contributed by atoms with Crippen LogP contribution >= 0.6 is 15.9 Å². The van der Waals surface area contributed by atoms with E-state index in [1.807, 2.05) is 0 Å². The molecule has 2 aliphatic rings. The fraction of sp³-hybridized carbons (Fsp3) is 0.364. The van der Waals surface area contributed by atoms with E-state index in [1.54, 1.807) is 0 Å². The third-order valence-electron chi connectivity index (χ3n) is 5.85. The molecule has 0 amide bonds. The average molecular weight is 397 g/mol. The van der Waals surface area contributed by atoms with Crippen molar-refractivity contribution < 1.29 is 0 Å². The Morgan fingerprint density at radius 3 is 2.60 bits per heavy atom. The largest absolute Gasteiger partial charge is 0.349 e. The number of nitrogens with zero attached hydrogens (tertiary/aromatic N) is 1. The molecule has 2 aromatic rings. The van der Waals surface area contributed by atoms with Crippen LogP contribution in [-0.4, -0.2) is 18.8 Å². The molecule has 0 bridgehead atoms. The smallest absolute Gasteiger partial charge is 0.120 e. The van der Waals surface area contributed by atoms with E-state index < -0.39 is 0 Å². The Morgan fingerprint density at radius 2 is 1.84 bits per heavy atom. The number of halogens is 1. The topological polar surface area (TPSA) is 15.3 Å². The summed E-state index contributed by atoms with van der Waals surface area (Å²) in [5, 5.41) is 3.89. The zero-order valence-electron chi connectivity index (χ0n) is 15.1. The second-order valence-electron chi connectivity index (χ2n) is 7.89. The molecule has 4 rings (SSSR count). The molecule has 1 saturated heterocycles. The summed E-state index contributed by atoms with van der Waals surface area (Å²) in [5.74, 6) is 0.635. The number of benzene rings is 2. The Labute approximate surface area is 159 Å². The van der Waals surface area contributed by atoms with Crippen LogP contribution in [0.25, 0.3) is 6.08 Å². The molecule has 0 aromatic heterocycles. The zero-order chi connectivity index (χ0) is 17.7. The van der Waals surface area contributed by atoms with E-state index in [4.69, 9.17) is 0 Å². The van der Waals surface area contributed by atoms with Gasteiger partial charge in [-0.1, -0.05) is 73.1 Å². The molecule has 0 aliphatic carbocycles. The molecule has 0 spiro atoms. The van der Waals surface area contributed by atoms with E-state index in [2.05, 4.69) is 108 Å². The lowest BCUT2D eigenvalue weighted by Gasteiger charge is -2.51. The maximum absolute atomic E-state index is 3.89. The molecule has 3 heteroatoms. The Hall–Kier alpha value is -1.58. The molecule has 1 fully saturated rings. The van der Waals surface area contributed by atoms with Gasteiger partial charge in [0.05, 0.1) is 0 Å². The normalized spacial score (nSPS) is 27.4. The van der Waals surface area contributed by atoms with E-state index in [0.717, 1.165) is 17.6 Å². The highest BCUT2D eigenvalue weighted by Gasteiger charge is 2.56. The molecule has 0 radical (unpaired) electrons. The number of fused-ring (bicyclic) bond motifs is 3. The predicted octanol–water partition coefficient (Wildman–Crippen LogP) is 5.20. The van der Waals surface area contributed by atoms with E-state index in [1.165, 1.54) is 16.8 Å². The fourth-order valence-corrected chi connectivity index (χ4v) is 4.65. The number of rotatable bonds is 2. The van der Waals surface area contributed by atoms with E-state index in [-0.39, 0.29) is 11.1 Å². The summed E-state index contributed by atoms with van der Waals surface area (Å²) in [4.78, 5) is 2.58. The lowest BCUT2D eigenvalue weighted by atomic mass is 9.74. The molecule has 2 nitrogen and oxygen atoms in total. The van der Waals surface area contributed by atoms with Gasteiger partial charge in [-0.3, -0.25) is 5.32 Å². The zero-order valence-corrected chi connectivity index (χ0v) is 16.7. The molecule has 130 valence electrons. The first kappa shape index (κ1) is 16.9. The van der Waals surface area contributed by atoms with Crippen LogP contribution in [0.4, 0.5) is 5.69 Å². The first-order valence-electron chi connectivity index (χ1n) is 9.01. The first-order chi connectivity index (χ1) is 11.9. The number of nitrogens with one attached hydrogen (secondary N) is 1. The van der Waals surface area contributed by atoms with E-state index in [0.29, 0.717) is 5.92 Å². The van der Waals surface area contributed by atoms with Gasteiger partial charge >= 0.3 is 0 Å². The Bertz CT molecular complexity index is 809. The highest BCUT2D eigenvalue weighted by Crippen LogP contribution is 2.52. The first-order valence-corrected chi connectivity index (χ1v) is 9.80. The second-order valence-corrected chi connectivity index (χ2v) is 8.81. The summed E-state index contributed by atoms with van der Waals surface area (Å²) >= 11 is 3.52. The molecule has 1 N–H and O–H groups in total. The van der Waals surface area contributed by atoms with Crippen LogP contribution in [0.5, 0.6) is 0 Å². The van der Waals surface area contributed by atoms with Gasteiger partial charge in [-0.15, -0.1) is 0 Å². The third kappa shape index (κ3) is 2.56. The van der Waals surface area contributed by atoms with Crippen molar-refractivity contribution in [3.05, 3.63) is 70.2 Å². The van der Waals surface area contributed by atoms with Gasteiger partial charge in [-0.25, -0.2) is 0 Å². The van der Waals surface area contributed by atoms with E-state index >= 15 is 0 Å². The minimum atomic E-state index is -0.184. The highest BCUT2D eigenvalue weighted by atomic mass is 79.9. The predicted molar refractivity (Wildman–Crippen MR) is 110 cm³/mol. The third-order valence-corrected chi connectivity index (χ3v) is 6.38. The molecular weight excluding hydrogens is 372 g/mol. The van der Waals surface area contributed by atoms with Crippen molar-refractivity contribution in [1.29, 1.82) is 0 Å². The van der Waals surface area contributed by atoms with Gasteiger partial charge in [0.25, 0.3) is 0 Å². The summed E-state index contributed by atoms with van der Waals surface area (Å²) in [6, 6.07) is 17.4. The van der Waals surface area contributed by atoms with E-state index in [9.17, 15) is 0 Å². The standard InChI is InChI=1S/C22H25BrN2/c1-16-14-24-22(13-12-17-8-10-18(23)11-9-17)21(2,3)19-6-4-5-7-20(19)25(22)15-16/h4-13,16,24H,14-15H2,1-3H3/b13-12+/t16-,22+/m0/s1. The van der Waals surface area contributed by atoms with Gasteiger partial charge in [-0.2, -0.15) is 0 Å². The minimum absolute atomic E-state index is 0.00437. The molecule has 0 unspecified atom stereocenters. The summed E-state index contributed by atoms with van der Waals surface area (Å²) in [6.45, 7) is 9.17. The van der Waals surface area contributed by atoms with Gasteiger partial charge in [0.2, 0.25) is 0 Å². The Balaban J connectivity index is 1.81. The lowest BCUT2D eigenvalue weighted by molar-refractivity contribution is 0.213. The molecule has 0 saturated carbocycles. The average Bonchev–Trinajstić information content (AvgIpc) is 2.80. The number of hydrogen-bond acceptors (Lipinski definition) is 2. The summed E-state index contributed by atoms with van der Waals surface area (Å²) in [7, 11) is 0. The SMILES string of the molecule is C[C@H]1CN[C@]2(/C=C/c3ccc(Br)cc3)N(C1)c1ccccc1C2(C)C. The van der Waals surface area contributed by atoms with Gasteiger partial charge in [0.1, 0.15) is 5.66 Å². The molecule has 2 aliphatic heterocycles. The maximum Gasteiger partial charge on any atom is 0.120 e. The van der Waals surface area contributed by atoms with Crippen molar-refractivity contribution in [3.63, 3.8) is 0 Å². The van der Waals surface area contributed by atoms with Crippen molar-refractivity contribution in [3.8, 4) is 0 Å². The second kappa shape index (κ2) is 6.00. The summed E-state index contributed by atoms with van der Waals surface area (Å²) < 4.78 is 1.11. The minimum Gasteiger partial charge on any atom is -0.349 e. The van der Waals surface area contributed by atoms with Crippen LogP contribution in [0.1, 0.15) is 31.9 Å². The van der Waals surface area contributed by atoms with Gasteiger partial charge in [-0.05, 0) is 41.3 Å². The van der Waals surface area contributed by atoms with Gasteiger partial charge in [0, 0.05) is 28.7 Å². The number of para-hydroxylation sites is 1. The molecule has 2 aromatic carbocycles. The van der Waals surface area contributed by atoms with Crippen LogP contribution in [0.15, 0.2) is 59.1 Å². The van der Waals surface area contributed by atoms with Crippen LogP contribution in [-0.2, 0) is 5.41 Å². The van der Waals surface area contributed by atoms with Crippen molar-refractivity contribution >= 4 is 27.7 Å². The molecule has 2 atom stereocenters. The molecule has 25 heavy (non-hydrogen) atoms. The Kier molecular flexibility index (Phi) is 4.04. The Morgan fingerprint density at radius 1 is 1.12 bits per heavy atom. The highest BCUT2D eigenvalue weighted by molar-refractivity contribution is 9.10. The van der Waals surface area contributed by atoms with Gasteiger partial charge in [0.15, 0.2) is 0 Å². The van der Waals surface area contributed by atoms with Crippen molar-refractivity contribution in [2.75, 3.05) is 18.0 Å². The summed E-state index contributed by atoms with van der Waals surface area (Å²) in [5.41, 5.74) is 3.83. The number of hydrogen-bond donors (Lipinski definition) is 1. The molecular formula is C22H25BrN2. The lowest BCUT2D eigenvalue weighted by Crippen LogP contribution is -2.68. The maximum atomic E-state index is 3.89. The van der Waals surface area contributed by atoms with Crippen LogP contribution in [0.2, 0.25) is 0 Å². The van der Waals surface area contributed by atoms with Crippen LogP contribution in [0, 0.1) is 5.92 Å². The van der Waals surface area contributed by atoms with Crippen molar-refractivity contribution in [1.82, 2.24) is 5.32 Å². The van der Waals surface area contributed by atoms with Gasteiger partial charge < -0.3 is 4.90 Å². The van der Waals surface area contributed by atoms with Crippen molar-refractivity contribution in [2.45, 2.75) is 31.8 Å². The van der Waals surface area contributed by atoms with Crippen LogP contribution in [0.3, 0.4) is 0 Å². The number of anilines is 1. The quantitative estimate of drug-likeness (QED) is 0.750. The van der Waals surface area contributed by atoms with Crippen molar-refractivity contribution in [2.24, 2.45) is 5.92 Å². The summed E-state index contributed by atoms with van der Waals surface area (Å²) in [6.07, 6.45) is 4.64. The monoisotopic (exact) mass is 396 g/mol. The molecule has 2 heterocycles. The van der Waals surface area contributed by atoms with Crippen LogP contribution < -0.4 is 10.2 Å².